The van der Waals surface area contributed by atoms with Crippen molar-refractivity contribution in [3.05, 3.63) is 70.5 Å². The van der Waals surface area contributed by atoms with Crippen LogP contribution in [0.4, 0.5) is 15.5 Å². The molecule has 0 aliphatic carbocycles. The van der Waals surface area contributed by atoms with Crippen LogP contribution in [-0.2, 0) is 39.4 Å². The molecule has 1 aromatic heterocycles. The first-order valence-corrected chi connectivity index (χ1v) is 19.7. The van der Waals surface area contributed by atoms with Crippen molar-refractivity contribution in [2.75, 3.05) is 23.0 Å². The van der Waals surface area contributed by atoms with E-state index in [9.17, 15) is 14.7 Å². The molecule has 246 valence electrons. The number of aliphatic hydroxyl groups is 1. The van der Waals surface area contributed by atoms with Gasteiger partial charge in [-0.1, -0.05) is 48.7 Å². The van der Waals surface area contributed by atoms with Crippen molar-refractivity contribution in [3.63, 3.8) is 0 Å². The number of anilines is 2. The third-order valence-electron chi connectivity index (χ3n) is 9.93. The zero-order valence-electron chi connectivity index (χ0n) is 26.8. The number of amides is 2. The van der Waals surface area contributed by atoms with E-state index in [2.05, 4.69) is 10.3 Å². The van der Waals surface area contributed by atoms with Crippen LogP contribution in [0, 0.1) is 5.92 Å². The van der Waals surface area contributed by atoms with E-state index in [1.807, 2.05) is 42.2 Å². The quantitative estimate of drug-likeness (QED) is 0.216. The van der Waals surface area contributed by atoms with Crippen molar-refractivity contribution in [1.29, 1.82) is 0 Å². The summed E-state index contributed by atoms with van der Waals surface area (Å²) in [6.07, 6.45) is 6.83. The van der Waals surface area contributed by atoms with Crippen molar-refractivity contribution >= 4 is 43.2 Å². The number of benzene rings is 2. The highest BCUT2D eigenvalue weighted by Crippen LogP contribution is 2.60. The summed E-state index contributed by atoms with van der Waals surface area (Å²) in [4.78, 5) is 31.1. The topological polar surface area (TPSA) is 101 Å². The Morgan fingerprint density at radius 1 is 1.11 bits per heavy atom. The van der Waals surface area contributed by atoms with E-state index in [4.69, 9.17) is 16.3 Å². The summed E-state index contributed by atoms with van der Waals surface area (Å²) in [5.41, 5.74) is 2.05. The molecule has 0 unspecified atom stereocenters. The van der Waals surface area contributed by atoms with E-state index in [1.165, 1.54) is 0 Å². The molecule has 6 rings (SSSR count). The smallest absolute Gasteiger partial charge is 0.264 e. The Balaban J connectivity index is 1.28. The number of hydrogen-bond donors (Lipinski definition) is 1. The molecular formula is C34H43ClFN5O4Si. The molecule has 1 N–H and O–H groups in total. The number of aliphatic hydroxyl groups excluding tert-OH is 1. The molecule has 46 heavy (non-hydrogen) atoms. The summed E-state index contributed by atoms with van der Waals surface area (Å²) in [6.45, 7) is 6.76. The number of halogens is 2. The van der Waals surface area contributed by atoms with E-state index < -0.39 is 31.6 Å². The maximum Gasteiger partial charge on any atom is 0.264 e. The van der Waals surface area contributed by atoms with E-state index in [1.54, 1.807) is 41.0 Å². The molecule has 0 bridgehead atoms. The summed E-state index contributed by atoms with van der Waals surface area (Å²) in [5, 5.41) is 18.0. The van der Waals surface area contributed by atoms with E-state index in [0.29, 0.717) is 60.9 Å². The Bertz CT molecular complexity index is 1580. The summed E-state index contributed by atoms with van der Waals surface area (Å²) in [5.74, 6) is -0.489. The van der Waals surface area contributed by atoms with Crippen molar-refractivity contribution in [2.45, 2.75) is 95.3 Å². The van der Waals surface area contributed by atoms with Crippen LogP contribution < -0.4 is 9.80 Å². The average Bonchev–Trinajstić information content (AvgIpc) is 3.65. The molecule has 2 fully saturated rings. The third kappa shape index (κ3) is 6.14. The standard InChI is InChI=1S/C34H43ClFN5O4Si/c1-23-32(46(2,3)36)30(15-18-39-22-26(16-19-42)37-38-39)45-34(23)28-20-25(35)11-14-29(28)41(33(34)44)21-24-9-12-27(13-10-24)40-17-7-5-4-6-8-31(40)43/h9-14,20,22-23,30,32,42H,4-8,15-19,21H2,1-3H3/t23-,30+,32-,34+/m1/s1. The highest BCUT2D eigenvalue weighted by Gasteiger charge is 2.66. The van der Waals surface area contributed by atoms with Gasteiger partial charge in [0.15, 0.2) is 5.60 Å². The number of nitrogens with zero attached hydrogens (tertiary/aromatic N) is 5. The van der Waals surface area contributed by atoms with Crippen molar-refractivity contribution < 1.29 is 23.5 Å². The number of ether oxygens (including phenoxy) is 1. The fraction of sp³-hybridized carbons (Fsp3) is 0.529. The first-order valence-electron chi connectivity index (χ1n) is 16.4. The number of carbonyl (C=O) groups excluding carboxylic acids is 2. The second kappa shape index (κ2) is 13.2. The normalized spacial score (nSPS) is 25.3. The molecule has 3 aromatic rings. The first-order chi connectivity index (χ1) is 22.0. The summed E-state index contributed by atoms with van der Waals surface area (Å²) < 4.78 is 24.7. The molecule has 3 aliphatic rings. The first kappa shape index (κ1) is 32.8. The van der Waals surface area contributed by atoms with Crippen molar-refractivity contribution in [3.8, 4) is 0 Å². The minimum atomic E-state index is -3.32. The number of aromatic nitrogens is 3. The molecule has 1 spiro atoms. The summed E-state index contributed by atoms with van der Waals surface area (Å²) in [7, 11) is -3.32. The van der Waals surface area contributed by atoms with Crippen LogP contribution >= 0.6 is 11.6 Å². The van der Waals surface area contributed by atoms with Gasteiger partial charge in [-0.25, -0.2) is 0 Å². The molecule has 4 atom stereocenters. The van der Waals surface area contributed by atoms with Gasteiger partial charge in [-0.3, -0.25) is 14.3 Å². The third-order valence-corrected chi connectivity index (χ3v) is 12.6. The van der Waals surface area contributed by atoms with Gasteiger partial charge in [0.1, 0.15) is 0 Å². The predicted molar refractivity (Wildman–Crippen MR) is 178 cm³/mol. The predicted octanol–water partition coefficient (Wildman–Crippen LogP) is 6.18. The van der Waals surface area contributed by atoms with Gasteiger partial charge < -0.3 is 23.8 Å². The van der Waals surface area contributed by atoms with Gasteiger partial charge in [-0.05, 0) is 68.3 Å². The molecule has 3 aliphatic heterocycles. The van der Waals surface area contributed by atoms with Gasteiger partial charge in [-0.2, -0.15) is 0 Å². The fourth-order valence-electron chi connectivity index (χ4n) is 7.78. The summed E-state index contributed by atoms with van der Waals surface area (Å²) >= 11 is 6.53. The Morgan fingerprint density at radius 2 is 1.87 bits per heavy atom. The van der Waals surface area contributed by atoms with Gasteiger partial charge in [0.2, 0.25) is 14.3 Å². The number of aryl methyl sites for hydroxylation is 1. The zero-order valence-corrected chi connectivity index (χ0v) is 28.5. The van der Waals surface area contributed by atoms with Crippen LogP contribution in [0.15, 0.2) is 48.7 Å². The number of hydrogen-bond acceptors (Lipinski definition) is 6. The summed E-state index contributed by atoms with van der Waals surface area (Å²) in [6, 6.07) is 13.3. The number of carbonyl (C=O) groups is 2. The van der Waals surface area contributed by atoms with Crippen LogP contribution in [-0.4, -0.2) is 59.6 Å². The molecule has 2 aromatic carbocycles. The SMILES string of the molecule is C[C@@H]1[C@@H]([Si](C)(C)F)[C@H](CCn2cc(CCO)nn2)O[C@@]12C(=O)N(Cc1ccc(N3CCCCCCC3=O)cc1)c1ccc(Cl)cc12. The Hall–Kier alpha value is -3.12. The van der Waals surface area contributed by atoms with Gasteiger partial charge in [0.25, 0.3) is 5.91 Å². The largest absolute Gasteiger partial charge is 0.396 e. The molecule has 0 saturated carbocycles. The second-order valence-corrected chi connectivity index (χ2v) is 17.7. The second-order valence-electron chi connectivity index (χ2n) is 13.4. The lowest BCUT2D eigenvalue weighted by Crippen LogP contribution is -2.45. The monoisotopic (exact) mass is 667 g/mol. The molecular weight excluding hydrogens is 625 g/mol. The minimum Gasteiger partial charge on any atom is -0.396 e. The van der Waals surface area contributed by atoms with Crippen LogP contribution in [0.3, 0.4) is 0 Å². The molecule has 12 heteroatoms. The molecule has 4 heterocycles. The van der Waals surface area contributed by atoms with Gasteiger partial charge >= 0.3 is 0 Å². The van der Waals surface area contributed by atoms with E-state index >= 15 is 4.11 Å². The Kier molecular flexibility index (Phi) is 9.40. The lowest BCUT2D eigenvalue weighted by molar-refractivity contribution is -0.146. The molecule has 9 nitrogen and oxygen atoms in total. The van der Waals surface area contributed by atoms with E-state index in [-0.39, 0.29) is 18.4 Å². The Morgan fingerprint density at radius 3 is 2.61 bits per heavy atom. The highest BCUT2D eigenvalue weighted by molar-refractivity contribution is 6.72. The van der Waals surface area contributed by atoms with Gasteiger partial charge in [0.05, 0.1) is 24.0 Å². The van der Waals surface area contributed by atoms with Crippen LogP contribution in [0.25, 0.3) is 0 Å². The minimum absolute atomic E-state index is 0.0168. The zero-order chi connectivity index (χ0) is 32.6. The lowest BCUT2D eigenvalue weighted by atomic mass is 9.82. The van der Waals surface area contributed by atoms with Crippen molar-refractivity contribution in [2.24, 2.45) is 5.92 Å². The average molecular weight is 668 g/mol. The van der Waals surface area contributed by atoms with Crippen molar-refractivity contribution in [1.82, 2.24) is 15.0 Å². The van der Waals surface area contributed by atoms with Crippen LogP contribution in [0.1, 0.15) is 62.3 Å². The number of fused-ring (bicyclic) bond motifs is 2. The highest BCUT2D eigenvalue weighted by atomic mass is 35.5. The molecule has 2 amide bonds. The van der Waals surface area contributed by atoms with Gasteiger partial charge in [-0.15, -0.1) is 5.10 Å². The maximum atomic E-state index is 16.2. The molecule has 2 saturated heterocycles. The lowest BCUT2D eigenvalue weighted by Gasteiger charge is -2.31. The van der Waals surface area contributed by atoms with E-state index in [0.717, 1.165) is 36.9 Å². The van der Waals surface area contributed by atoms with Crippen LogP contribution in [0.5, 0.6) is 0 Å². The molecule has 0 radical (unpaired) electrons. The maximum absolute atomic E-state index is 16.2. The van der Waals surface area contributed by atoms with Gasteiger partial charge in [0, 0.05) is 66.5 Å². The van der Waals surface area contributed by atoms with Crippen LogP contribution in [0.2, 0.25) is 23.7 Å². The number of rotatable bonds is 9. The Labute approximate surface area is 275 Å². The fourth-order valence-corrected chi connectivity index (χ4v) is 10.5.